The van der Waals surface area contributed by atoms with Gasteiger partial charge in [0, 0.05) is 31.9 Å². The molecule has 0 spiro atoms. The summed E-state index contributed by atoms with van der Waals surface area (Å²) < 4.78 is 14.2. The minimum absolute atomic E-state index is 0.0806. The lowest BCUT2D eigenvalue weighted by Crippen LogP contribution is -2.46. The van der Waals surface area contributed by atoms with Crippen LogP contribution >= 0.6 is 0 Å². The van der Waals surface area contributed by atoms with Crippen LogP contribution in [0.25, 0.3) is 0 Å². The van der Waals surface area contributed by atoms with Crippen LogP contribution in [-0.2, 0) is 5.41 Å². The van der Waals surface area contributed by atoms with Crippen molar-refractivity contribution in [2.75, 3.05) is 37.6 Å². The second kappa shape index (κ2) is 5.49. The van der Waals surface area contributed by atoms with E-state index >= 15 is 0 Å². The smallest absolute Gasteiger partial charge is 0.128 e. The molecule has 1 aliphatic heterocycles. The van der Waals surface area contributed by atoms with Gasteiger partial charge in [-0.25, -0.2) is 4.39 Å². The van der Waals surface area contributed by atoms with Crippen LogP contribution in [0.15, 0.2) is 18.2 Å². The van der Waals surface area contributed by atoms with Crippen molar-refractivity contribution in [3.8, 4) is 0 Å². The van der Waals surface area contributed by atoms with Crippen LogP contribution in [0.5, 0.6) is 0 Å². The summed E-state index contributed by atoms with van der Waals surface area (Å²) in [4.78, 5) is 4.71. The van der Waals surface area contributed by atoms with Crippen LogP contribution < -0.4 is 4.90 Å². The lowest BCUT2D eigenvalue weighted by atomic mass is 9.86. The van der Waals surface area contributed by atoms with Crippen LogP contribution in [0, 0.1) is 5.82 Å². The summed E-state index contributed by atoms with van der Waals surface area (Å²) in [5, 5.41) is 0. The molecule has 0 radical (unpaired) electrons. The molecule has 1 heterocycles. The zero-order valence-electron chi connectivity index (χ0n) is 12.5. The summed E-state index contributed by atoms with van der Waals surface area (Å²) in [5.74, 6) is -0.0806. The van der Waals surface area contributed by atoms with Crippen LogP contribution in [0.1, 0.15) is 33.3 Å². The van der Waals surface area contributed by atoms with Gasteiger partial charge in [-0.1, -0.05) is 33.8 Å². The second-order valence-corrected chi connectivity index (χ2v) is 6.34. The predicted molar refractivity (Wildman–Crippen MR) is 79.4 cm³/mol. The lowest BCUT2D eigenvalue weighted by Gasteiger charge is -2.35. The third-order valence-corrected chi connectivity index (χ3v) is 3.95. The molecular formula is C16H25FN2. The van der Waals surface area contributed by atoms with Crippen molar-refractivity contribution in [3.05, 3.63) is 29.6 Å². The van der Waals surface area contributed by atoms with E-state index < -0.39 is 0 Å². The molecule has 106 valence electrons. The number of piperazine rings is 1. The fourth-order valence-electron chi connectivity index (χ4n) is 2.63. The van der Waals surface area contributed by atoms with Crippen molar-refractivity contribution >= 4 is 5.69 Å². The quantitative estimate of drug-likeness (QED) is 0.809. The van der Waals surface area contributed by atoms with Gasteiger partial charge in [0.2, 0.25) is 0 Å². The molecule has 0 atom stereocenters. The number of halogens is 1. The van der Waals surface area contributed by atoms with Gasteiger partial charge in [0.05, 0.1) is 0 Å². The zero-order chi connectivity index (χ0) is 14.0. The molecule has 1 aromatic rings. The zero-order valence-corrected chi connectivity index (χ0v) is 12.5. The molecule has 1 aromatic carbocycles. The number of likely N-dealkylation sites (N-methyl/N-ethyl adjacent to an activating group) is 1. The van der Waals surface area contributed by atoms with E-state index in [1.807, 2.05) is 26.8 Å². The Morgan fingerprint density at radius 1 is 1.11 bits per heavy atom. The molecule has 0 amide bonds. The Labute approximate surface area is 116 Å². The van der Waals surface area contributed by atoms with Gasteiger partial charge in [0.1, 0.15) is 5.82 Å². The van der Waals surface area contributed by atoms with Crippen LogP contribution in [0.2, 0.25) is 0 Å². The Morgan fingerprint density at radius 2 is 1.74 bits per heavy atom. The van der Waals surface area contributed by atoms with Gasteiger partial charge < -0.3 is 9.80 Å². The molecule has 2 nitrogen and oxygen atoms in total. The summed E-state index contributed by atoms with van der Waals surface area (Å²) in [7, 11) is 0. The van der Waals surface area contributed by atoms with E-state index in [-0.39, 0.29) is 11.2 Å². The average molecular weight is 264 g/mol. The van der Waals surface area contributed by atoms with Crippen molar-refractivity contribution in [1.29, 1.82) is 0 Å². The Kier molecular flexibility index (Phi) is 4.14. The predicted octanol–water partition coefficient (Wildman–Crippen LogP) is 3.27. The van der Waals surface area contributed by atoms with E-state index in [2.05, 4.69) is 22.8 Å². The molecule has 0 bridgehead atoms. The van der Waals surface area contributed by atoms with E-state index in [9.17, 15) is 4.39 Å². The van der Waals surface area contributed by atoms with E-state index in [0.29, 0.717) is 0 Å². The first-order valence-corrected chi connectivity index (χ1v) is 7.19. The first-order valence-electron chi connectivity index (χ1n) is 7.19. The molecule has 1 aliphatic rings. The summed E-state index contributed by atoms with van der Waals surface area (Å²) in [6, 6.07) is 5.70. The Hall–Kier alpha value is -1.09. The molecule has 1 fully saturated rings. The SMILES string of the molecule is CCN1CCN(c2ccc(C(C)(C)C)c(F)c2)CC1. The van der Waals surface area contributed by atoms with Gasteiger partial charge in [-0.2, -0.15) is 0 Å². The highest BCUT2D eigenvalue weighted by atomic mass is 19.1. The third-order valence-electron chi connectivity index (χ3n) is 3.95. The van der Waals surface area contributed by atoms with Crippen molar-refractivity contribution in [2.45, 2.75) is 33.1 Å². The van der Waals surface area contributed by atoms with E-state index in [4.69, 9.17) is 0 Å². The van der Waals surface area contributed by atoms with Gasteiger partial charge in [-0.3, -0.25) is 0 Å². The lowest BCUT2D eigenvalue weighted by molar-refractivity contribution is 0.271. The van der Waals surface area contributed by atoms with Gasteiger partial charge in [0.15, 0.2) is 0 Å². The fraction of sp³-hybridized carbons (Fsp3) is 0.625. The molecule has 0 unspecified atom stereocenters. The molecule has 0 aromatic heterocycles. The van der Waals surface area contributed by atoms with Gasteiger partial charge in [-0.05, 0) is 29.7 Å². The second-order valence-electron chi connectivity index (χ2n) is 6.34. The largest absolute Gasteiger partial charge is 0.369 e. The summed E-state index contributed by atoms with van der Waals surface area (Å²) in [6.07, 6.45) is 0. The topological polar surface area (TPSA) is 6.48 Å². The van der Waals surface area contributed by atoms with E-state index in [1.165, 1.54) is 0 Å². The standard InChI is InChI=1S/C16H25FN2/c1-5-18-8-10-19(11-9-18)13-6-7-14(15(17)12-13)16(2,3)4/h6-7,12H,5,8-11H2,1-4H3. The average Bonchev–Trinajstić information content (AvgIpc) is 2.37. The van der Waals surface area contributed by atoms with Crippen molar-refractivity contribution in [3.63, 3.8) is 0 Å². The van der Waals surface area contributed by atoms with Gasteiger partial charge in [0.25, 0.3) is 0 Å². The fourth-order valence-corrected chi connectivity index (χ4v) is 2.63. The summed E-state index contributed by atoms with van der Waals surface area (Å²) >= 11 is 0. The van der Waals surface area contributed by atoms with Gasteiger partial charge >= 0.3 is 0 Å². The van der Waals surface area contributed by atoms with Crippen molar-refractivity contribution in [2.24, 2.45) is 0 Å². The number of hydrogen-bond acceptors (Lipinski definition) is 2. The maximum atomic E-state index is 14.2. The molecular weight excluding hydrogens is 239 g/mol. The number of nitrogens with zero attached hydrogens (tertiary/aromatic N) is 2. The third kappa shape index (κ3) is 3.27. The number of anilines is 1. The normalized spacial score (nSPS) is 17.8. The summed E-state index contributed by atoms with van der Waals surface area (Å²) in [6.45, 7) is 13.5. The van der Waals surface area contributed by atoms with Crippen LogP contribution in [0.3, 0.4) is 0 Å². The Bertz CT molecular complexity index is 429. The van der Waals surface area contributed by atoms with Gasteiger partial charge in [-0.15, -0.1) is 0 Å². The van der Waals surface area contributed by atoms with Crippen LogP contribution in [-0.4, -0.2) is 37.6 Å². The number of benzene rings is 1. The molecule has 2 rings (SSSR count). The Balaban J connectivity index is 2.13. The van der Waals surface area contributed by atoms with Crippen molar-refractivity contribution < 1.29 is 4.39 Å². The molecule has 0 saturated carbocycles. The maximum Gasteiger partial charge on any atom is 0.128 e. The Morgan fingerprint density at radius 3 is 2.21 bits per heavy atom. The van der Waals surface area contributed by atoms with E-state index in [0.717, 1.165) is 44.0 Å². The highest BCUT2D eigenvalue weighted by molar-refractivity contribution is 5.49. The molecule has 0 aliphatic carbocycles. The molecule has 19 heavy (non-hydrogen) atoms. The monoisotopic (exact) mass is 264 g/mol. The highest BCUT2D eigenvalue weighted by Crippen LogP contribution is 2.28. The number of hydrogen-bond donors (Lipinski definition) is 0. The first kappa shape index (κ1) is 14.3. The maximum absolute atomic E-state index is 14.2. The minimum Gasteiger partial charge on any atom is -0.369 e. The molecule has 0 N–H and O–H groups in total. The molecule has 3 heteroatoms. The number of rotatable bonds is 2. The summed E-state index contributed by atoms with van der Waals surface area (Å²) in [5.41, 5.74) is 1.67. The van der Waals surface area contributed by atoms with E-state index in [1.54, 1.807) is 6.07 Å². The molecule has 1 saturated heterocycles. The first-order chi connectivity index (χ1) is 8.91. The minimum atomic E-state index is -0.135. The van der Waals surface area contributed by atoms with Crippen LogP contribution in [0.4, 0.5) is 10.1 Å². The van der Waals surface area contributed by atoms with Crippen molar-refractivity contribution in [1.82, 2.24) is 4.90 Å². The highest BCUT2D eigenvalue weighted by Gasteiger charge is 2.21.